The molecule has 1 N–H and O–H groups in total. The Hall–Kier alpha value is -2.56. The smallest absolute Gasteiger partial charge is 0.256 e. The zero-order valence-electron chi connectivity index (χ0n) is 14.1. The first-order chi connectivity index (χ1) is 11.6. The summed E-state index contributed by atoms with van der Waals surface area (Å²) in [5.41, 5.74) is 2.79. The number of aromatic nitrogens is 3. The molecule has 5 heteroatoms. The topological polar surface area (TPSA) is 53.9 Å². The van der Waals surface area contributed by atoms with Crippen LogP contribution in [0.4, 0.5) is 0 Å². The molecule has 1 amide bonds. The summed E-state index contributed by atoms with van der Waals surface area (Å²) in [5, 5.41) is 1.01. The largest absolute Gasteiger partial charge is 0.358 e. The van der Waals surface area contributed by atoms with Gasteiger partial charge in [0.1, 0.15) is 5.82 Å². The highest BCUT2D eigenvalue weighted by Gasteiger charge is 2.28. The van der Waals surface area contributed by atoms with Crippen molar-refractivity contribution in [1.29, 1.82) is 0 Å². The Labute approximate surface area is 141 Å². The SMILES string of the molecule is Cc1[nH]c2ccccc2c1C(=O)N1CCCC(n2ccnc2C)C1. The van der Waals surface area contributed by atoms with Gasteiger partial charge in [-0.25, -0.2) is 4.98 Å². The number of fused-ring (bicyclic) bond motifs is 1. The molecule has 0 bridgehead atoms. The van der Waals surface area contributed by atoms with Gasteiger partial charge in [-0.05, 0) is 32.8 Å². The number of amides is 1. The van der Waals surface area contributed by atoms with E-state index in [9.17, 15) is 4.79 Å². The monoisotopic (exact) mass is 322 g/mol. The van der Waals surface area contributed by atoms with Crippen molar-refractivity contribution in [2.24, 2.45) is 0 Å². The lowest BCUT2D eigenvalue weighted by Gasteiger charge is -2.34. The molecule has 1 aromatic carbocycles. The van der Waals surface area contributed by atoms with Crippen LogP contribution in [0.5, 0.6) is 0 Å². The summed E-state index contributed by atoms with van der Waals surface area (Å²) in [4.78, 5) is 22.8. The molecule has 1 fully saturated rings. The van der Waals surface area contributed by atoms with Gasteiger partial charge in [0, 0.05) is 42.1 Å². The van der Waals surface area contributed by atoms with Crippen LogP contribution in [-0.2, 0) is 0 Å². The number of aromatic amines is 1. The van der Waals surface area contributed by atoms with E-state index < -0.39 is 0 Å². The second-order valence-electron chi connectivity index (χ2n) is 6.60. The summed E-state index contributed by atoms with van der Waals surface area (Å²) in [7, 11) is 0. The van der Waals surface area contributed by atoms with Gasteiger partial charge in [0.05, 0.1) is 11.6 Å². The fraction of sp³-hybridized carbons (Fsp3) is 0.368. The maximum absolute atomic E-state index is 13.2. The number of hydrogen-bond acceptors (Lipinski definition) is 2. The van der Waals surface area contributed by atoms with Gasteiger partial charge in [0.15, 0.2) is 0 Å². The molecule has 1 unspecified atom stereocenters. The van der Waals surface area contributed by atoms with Crippen LogP contribution in [-0.4, -0.2) is 38.4 Å². The van der Waals surface area contributed by atoms with E-state index in [0.717, 1.165) is 53.9 Å². The minimum atomic E-state index is 0.132. The van der Waals surface area contributed by atoms with Gasteiger partial charge in [-0.2, -0.15) is 0 Å². The number of hydrogen-bond donors (Lipinski definition) is 1. The molecule has 4 rings (SSSR count). The predicted molar refractivity (Wildman–Crippen MR) is 94.2 cm³/mol. The number of rotatable bonds is 2. The highest BCUT2D eigenvalue weighted by molar-refractivity contribution is 6.08. The molecule has 0 spiro atoms. The van der Waals surface area contributed by atoms with E-state index in [0.29, 0.717) is 6.04 Å². The molecule has 0 saturated carbocycles. The van der Waals surface area contributed by atoms with Gasteiger partial charge >= 0.3 is 0 Å². The van der Waals surface area contributed by atoms with Crippen molar-refractivity contribution in [3.63, 3.8) is 0 Å². The third kappa shape index (κ3) is 2.40. The zero-order chi connectivity index (χ0) is 16.7. The average molecular weight is 322 g/mol. The van der Waals surface area contributed by atoms with Gasteiger partial charge in [0.2, 0.25) is 0 Å². The summed E-state index contributed by atoms with van der Waals surface area (Å²) in [6.07, 6.45) is 5.97. The second kappa shape index (κ2) is 5.82. The average Bonchev–Trinajstić information content (AvgIpc) is 3.16. The molecular formula is C19H22N4O. The van der Waals surface area contributed by atoms with E-state index in [1.54, 1.807) is 0 Å². The van der Waals surface area contributed by atoms with Crippen LogP contribution in [0.3, 0.4) is 0 Å². The van der Waals surface area contributed by atoms with Crippen molar-refractivity contribution in [3.8, 4) is 0 Å². The van der Waals surface area contributed by atoms with Crippen molar-refractivity contribution in [2.45, 2.75) is 32.7 Å². The molecule has 3 heterocycles. The quantitative estimate of drug-likeness (QED) is 0.785. The van der Waals surface area contributed by atoms with E-state index in [4.69, 9.17) is 0 Å². The third-order valence-electron chi connectivity index (χ3n) is 5.05. The summed E-state index contributed by atoms with van der Waals surface area (Å²) < 4.78 is 2.20. The predicted octanol–water partition coefficient (Wildman–Crippen LogP) is 3.46. The van der Waals surface area contributed by atoms with Gasteiger partial charge in [-0.1, -0.05) is 18.2 Å². The first kappa shape index (κ1) is 15.0. The number of piperidine rings is 1. The first-order valence-corrected chi connectivity index (χ1v) is 8.51. The van der Waals surface area contributed by atoms with E-state index in [2.05, 4.69) is 14.5 Å². The van der Waals surface area contributed by atoms with Crippen molar-refractivity contribution in [2.75, 3.05) is 13.1 Å². The summed E-state index contributed by atoms with van der Waals surface area (Å²) >= 11 is 0. The number of carbonyl (C=O) groups excluding carboxylic acids is 1. The van der Waals surface area contributed by atoms with Crippen molar-refractivity contribution in [3.05, 3.63) is 53.7 Å². The van der Waals surface area contributed by atoms with Gasteiger partial charge in [0.25, 0.3) is 5.91 Å². The third-order valence-corrected chi connectivity index (χ3v) is 5.05. The molecule has 1 atom stereocenters. The molecule has 1 aliphatic heterocycles. The summed E-state index contributed by atoms with van der Waals surface area (Å²) in [6, 6.07) is 8.34. The molecule has 0 radical (unpaired) electrons. The molecule has 0 aliphatic carbocycles. The zero-order valence-corrected chi connectivity index (χ0v) is 14.1. The number of likely N-dealkylation sites (tertiary alicyclic amines) is 1. The minimum Gasteiger partial charge on any atom is -0.358 e. The number of benzene rings is 1. The Kier molecular flexibility index (Phi) is 3.63. The second-order valence-corrected chi connectivity index (χ2v) is 6.60. The first-order valence-electron chi connectivity index (χ1n) is 8.51. The number of carbonyl (C=O) groups is 1. The van der Waals surface area contributed by atoms with Gasteiger partial charge in [-0.15, -0.1) is 0 Å². The van der Waals surface area contributed by atoms with Crippen LogP contribution in [0, 0.1) is 13.8 Å². The fourth-order valence-corrected chi connectivity index (χ4v) is 3.85. The number of H-pyrrole nitrogens is 1. The fourth-order valence-electron chi connectivity index (χ4n) is 3.85. The van der Waals surface area contributed by atoms with Crippen LogP contribution in [0.25, 0.3) is 10.9 Å². The van der Waals surface area contributed by atoms with E-state index in [1.807, 2.05) is 55.4 Å². The number of para-hydroxylation sites is 1. The Balaban J connectivity index is 1.64. The van der Waals surface area contributed by atoms with Gasteiger partial charge in [-0.3, -0.25) is 4.79 Å². The van der Waals surface area contributed by atoms with E-state index >= 15 is 0 Å². The molecule has 24 heavy (non-hydrogen) atoms. The lowest BCUT2D eigenvalue weighted by atomic mass is 10.0. The Morgan fingerprint density at radius 2 is 2.12 bits per heavy atom. The number of nitrogens with zero attached hydrogens (tertiary/aromatic N) is 3. The van der Waals surface area contributed by atoms with Crippen LogP contribution < -0.4 is 0 Å². The van der Waals surface area contributed by atoms with Crippen LogP contribution >= 0.6 is 0 Å². The molecule has 5 nitrogen and oxygen atoms in total. The van der Waals surface area contributed by atoms with Crippen LogP contribution in [0.1, 0.15) is 40.8 Å². The Morgan fingerprint density at radius 1 is 1.29 bits per heavy atom. The molecule has 1 aliphatic rings. The summed E-state index contributed by atoms with van der Waals surface area (Å²) in [6.45, 7) is 5.57. The standard InChI is InChI=1S/C19H22N4O/c1-13-18(16-7-3-4-8-17(16)21-13)19(24)22-10-5-6-15(12-22)23-11-9-20-14(23)2/h3-4,7-9,11,15,21H,5-6,10,12H2,1-2H3. The highest BCUT2D eigenvalue weighted by atomic mass is 16.2. The number of imidazole rings is 1. The molecule has 1 saturated heterocycles. The number of aryl methyl sites for hydroxylation is 2. The molecule has 3 aromatic rings. The summed E-state index contributed by atoms with van der Waals surface area (Å²) in [5.74, 6) is 1.14. The number of nitrogens with one attached hydrogen (secondary N) is 1. The lowest BCUT2D eigenvalue weighted by molar-refractivity contribution is 0.0679. The van der Waals surface area contributed by atoms with Gasteiger partial charge < -0.3 is 14.5 Å². The van der Waals surface area contributed by atoms with Crippen molar-refractivity contribution < 1.29 is 4.79 Å². The van der Waals surface area contributed by atoms with E-state index in [1.165, 1.54) is 0 Å². The normalized spacial score (nSPS) is 18.2. The molecule has 2 aromatic heterocycles. The Morgan fingerprint density at radius 3 is 2.92 bits per heavy atom. The van der Waals surface area contributed by atoms with Crippen molar-refractivity contribution >= 4 is 16.8 Å². The highest BCUT2D eigenvalue weighted by Crippen LogP contribution is 2.27. The lowest BCUT2D eigenvalue weighted by Crippen LogP contribution is -2.41. The van der Waals surface area contributed by atoms with E-state index in [-0.39, 0.29) is 5.91 Å². The molecule has 124 valence electrons. The van der Waals surface area contributed by atoms with Crippen LogP contribution in [0.2, 0.25) is 0 Å². The maximum Gasteiger partial charge on any atom is 0.256 e. The molecular weight excluding hydrogens is 300 g/mol. The van der Waals surface area contributed by atoms with Crippen molar-refractivity contribution in [1.82, 2.24) is 19.4 Å². The maximum atomic E-state index is 13.2. The minimum absolute atomic E-state index is 0.132. The Bertz CT molecular complexity index is 892. The van der Waals surface area contributed by atoms with Crippen LogP contribution in [0.15, 0.2) is 36.7 Å².